The fourth-order valence-corrected chi connectivity index (χ4v) is 8.42. The van der Waals surface area contributed by atoms with Crippen molar-refractivity contribution in [2.75, 3.05) is 19.7 Å². The van der Waals surface area contributed by atoms with Crippen LogP contribution in [0.25, 0.3) is 0 Å². The van der Waals surface area contributed by atoms with E-state index in [0.717, 1.165) is 49.9 Å². The molecule has 0 saturated heterocycles. The van der Waals surface area contributed by atoms with E-state index in [1.165, 1.54) is 32.1 Å². The highest BCUT2D eigenvalue weighted by molar-refractivity contribution is 8.00. The van der Waals surface area contributed by atoms with E-state index in [1.54, 1.807) is 11.8 Å². The Labute approximate surface area is 212 Å². The van der Waals surface area contributed by atoms with E-state index in [-0.39, 0.29) is 29.7 Å². The van der Waals surface area contributed by atoms with Crippen LogP contribution >= 0.6 is 11.8 Å². The van der Waals surface area contributed by atoms with Gasteiger partial charge in [-0.15, -0.1) is 11.8 Å². The Balaban J connectivity index is 1.32. The SMILES string of the molecule is CC(C)(COc1noc(C(=O)NC23CC4CC(CC(C4)C2)C3)c1SC1CCCC1)C(=O)NCCN. The van der Waals surface area contributed by atoms with Crippen molar-refractivity contribution in [3.63, 3.8) is 0 Å². The second-order valence-electron chi connectivity index (χ2n) is 12.0. The van der Waals surface area contributed by atoms with Gasteiger partial charge in [-0.3, -0.25) is 9.59 Å². The van der Waals surface area contributed by atoms with Crippen molar-refractivity contribution in [2.45, 2.75) is 93.7 Å². The highest BCUT2D eigenvalue weighted by Gasteiger charge is 2.52. The maximum absolute atomic E-state index is 13.6. The first kappa shape index (κ1) is 24.9. The van der Waals surface area contributed by atoms with Crippen molar-refractivity contribution in [2.24, 2.45) is 28.9 Å². The first-order chi connectivity index (χ1) is 16.8. The van der Waals surface area contributed by atoms with Crippen molar-refractivity contribution in [1.82, 2.24) is 15.8 Å². The van der Waals surface area contributed by atoms with E-state index in [1.807, 2.05) is 13.8 Å². The Bertz CT molecular complexity index is 904. The van der Waals surface area contributed by atoms with E-state index in [0.29, 0.717) is 29.1 Å². The maximum atomic E-state index is 13.6. The number of nitrogens with zero attached hydrogens (tertiary/aromatic N) is 1. The number of carbonyl (C=O) groups excluding carboxylic acids is 2. The predicted molar refractivity (Wildman–Crippen MR) is 134 cm³/mol. The summed E-state index contributed by atoms with van der Waals surface area (Å²) in [5.41, 5.74) is 4.64. The second kappa shape index (κ2) is 9.96. The molecule has 1 aromatic heterocycles. The second-order valence-corrected chi connectivity index (χ2v) is 13.4. The molecule has 5 aliphatic carbocycles. The lowest BCUT2D eigenvalue weighted by Crippen LogP contribution is -2.59. The normalized spacial score (nSPS) is 30.0. The molecular weight excluding hydrogens is 464 g/mol. The Hall–Kier alpha value is -1.74. The summed E-state index contributed by atoms with van der Waals surface area (Å²) in [5, 5.41) is 10.8. The molecule has 5 aliphatic rings. The van der Waals surface area contributed by atoms with E-state index >= 15 is 0 Å². The third kappa shape index (κ3) is 5.36. The molecule has 0 spiro atoms. The van der Waals surface area contributed by atoms with Gasteiger partial charge in [0, 0.05) is 23.9 Å². The number of carbonyl (C=O) groups is 2. The zero-order valence-electron chi connectivity index (χ0n) is 21.1. The van der Waals surface area contributed by atoms with Gasteiger partial charge in [0.2, 0.25) is 11.7 Å². The molecule has 6 rings (SSSR count). The van der Waals surface area contributed by atoms with Gasteiger partial charge in [0.25, 0.3) is 11.8 Å². The van der Waals surface area contributed by atoms with E-state index in [2.05, 4.69) is 15.8 Å². The number of hydrogen-bond donors (Lipinski definition) is 3. The van der Waals surface area contributed by atoms with Gasteiger partial charge in [-0.25, -0.2) is 0 Å². The van der Waals surface area contributed by atoms with Crippen LogP contribution in [0.4, 0.5) is 0 Å². The van der Waals surface area contributed by atoms with Gasteiger partial charge in [-0.2, -0.15) is 0 Å². The lowest BCUT2D eigenvalue weighted by Gasteiger charge is -2.56. The van der Waals surface area contributed by atoms with Gasteiger partial charge in [-0.05, 0) is 88.1 Å². The van der Waals surface area contributed by atoms with Gasteiger partial charge in [-0.1, -0.05) is 12.8 Å². The predicted octanol–water partition coefficient (Wildman–Crippen LogP) is 3.89. The quantitative estimate of drug-likeness (QED) is 0.442. The highest BCUT2D eigenvalue weighted by atomic mass is 32.2. The van der Waals surface area contributed by atoms with Crippen LogP contribution in [0, 0.1) is 23.2 Å². The standard InChI is InChI=1S/C26H40N4O4S/c1-25(2,24(32)28-8-7-27)15-33-23-21(35-19-5-3-4-6-19)20(34-30-23)22(31)29-26-12-16-9-17(13-26)11-18(10-16)14-26/h16-19H,3-15,27H2,1-2H3,(H,28,32)(H,29,31). The van der Waals surface area contributed by atoms with Crippen molar-refractivity contribution in [3.8, 4) is 5.88 Å². The average molecular weight is 505 g/mol. The Morgan fingerprint density at radius 3 is 2.37 bits per heavy atom. The fourth-order valence-electron chi connectivity index (χ4n) is 7.08. The maximum Gasteiger partial charge on any atom is 0.291 e. The number of nitrogens with two attached hydrogens (primary N) is 1. The number of amides is 2. The molecule has 0 aromatic carbocycles. The van der Waals surface area contributed by atoms with Crippen LogP contribution < -0.4 is 21.1 Å². The molecule has 1 aromatic rings. The lowest BCUT2D eigenvalue weighted by atomic mass is 9.53. The molecule has 4 N–H and O–H groups in total. The van der Waals surface area contributed by atoms with Crippen molar-refractivity contribution >= 4 is 23.6 Å². The third-order valence-electron chi connectivity index (χ3n) is 8.44. The molecule has 0 unspecified atom stereocenters. The summed E-state index contributed by atoms with van der Waals surface area (Å²) in [6.07, 6.45) is 11.8. The number of rotatable bonds is 10. The largest absolute Gasteiger partial charge is 0.474 e. The fraction of sp³-hybridized carbons (Fsp3) is 0.808. The summed E-state index contributed by atoms with van der Waals surface area (Å²) in [5.74, 6) is 2.52. The summed E-state index contributed by atoms with van der Waals surface area (Å²) in [6, 6.07) is 0. The Morgan fingerprint density at radius 1 is 1.14 bits per heavy atom. The van der Waals surface area contributed by atoms with Crippen molar-refractivity contribution < 1.29 is 18.8 Å². The summed E-state index contributed by atoms with van der Waals surface area (Å²) in [7, 11) is 0. The monoisotopic (exact) mass is 504 g/mol. The Kier molecular flexibility index (Phi) is 7.09. The number of aromatic nitrogens is 1. The van der Waals surface area contributed by atoms with E-state index in [9.17, 15) is 9.59 Å². The van der Waals surface area contributed by atoms with Crippen LogP contribution in [-0.4, -0.2) is 47.5 Å². The first-order valence-electron chi connectivity index (χ1n) is 13.4. The van der Waals surface area contributed by atoms with Crippen LogP contribution in [0.2, 0.25) is 0 Å². The van der Waals surface area contributed by atoms with Gasteiger partial charge >= 0.3 is 0 Å². The van der Waals surface area contributed by atoms with Crippen molar-refractivity contribution in [1.29, 1.82) is 0 Å². The van der Waals surface area contributed by atoms with Crippen LogP contribution in [0.5, 0.6) is 5.88 Å². The summed E-state index contributed by atoms with van der Waals surface area (Å²) in [6.45, 7) is 4.58. The summed E-state index contributed by atoms with van der Waals surface area (Å²) < 4.78 is 11.7. The zero-order valence-corrected chi connectivity index (χ0v) is 21.9. The van der Waals surface area contributed by atoms with Crippen LogP contribution in [0.15, 0.2) is 9.42 Å². The van der Waals surface area contributed by atoms with Gasteiger partial charge in [0.15, 0.2) is 0 Å². The topological polar surface area (TPSA) is 119 Å². The molecule has 0 aliphatic heterocycles. The first-order valence-corrected chi connectivity index (χ1v) is 14.2. The minimum atomic E-state index is -0.773. The molecule has 0 radical (unpaired) electrons. The molecular formula is C26H40N4O4S. The minimum absolute atomic E-state index is 0.0992. The van der Waals surface area contributed by atoms with Crippen LogP contribution in [0.1, 0.15) is 88.6 Å². The third-order valence-corrected chi connectivity index (χ3v) is 9.84. The zero-order chi connectivity index (χ0) is 24.6. The number of hydrogen-bond acceptors (Lipinski definition) is 7. The highest BCUT2D eigenvalue weighted by Crippen LogP contribution is 2.55. The van der Waals surface area contributed by atoms with Crippen LogP contribution in [-0.2, 0) is 4.79 Å². The van der Waals surface area contributed by atoms with E-state index in [4.69, 9.17) is 15.0 Å². The Morgan fingerprint density at radius 2 is 1.77 bits per heavy atom. The molecule has 8 nitrogen and oxygen atoms in total. The molecule has 5 fully saturated rings. The number of nitrogens with one attached hydrogen (secondary N) is 2. The molecule has 35 heavy (non-hydrogen) atoms. The van der Waals surface area contributed by atoms with Crippen LogP contribution in [0.3, 0.4) is 0 Å². The summed E-state index contributed by atoms with van der Waals surface area (Å²) in [4.78, 5) is 26.8. The average Bonchev–Trinajstić information content (AvgIpc) is 3.45. The van der Waals surface area contributed by atoms with Crippen molar-refractivity contribution in [3.05, 3.63) is 5.76 Å². The smallest absolute Gasteiger partial charge is 0.291 e. The van der Waals surface area contributed by atoms with Gasteiger partial charge in [0.1, 0.15) is 11.5 Å². The molecule has 0 atom stereocenters. The molecule has 194 valence electrons. The van der Waals surface area contributed by atoms with E-state index < -0.39 is 5.41 Å². The lowest BCUT2D eigenvalue weighted by molar-refractivity contribution is -0.130. The number of ether oxygens (including phenoxy) is 1. The minimum Gasteiger partial charge on any atom is -0.474 e. The van der Waals surface area contributed by atoms with Gasteiger partial charge in [0.05, 0.1) is 5.41 Å². The molecule has 4 bridgehead atoms. The summed E-state index contributed by atoms with van der Waals surface area (Å²) >= 11 is 1.65. The van der Waals surface area contributed by atoms with Gasteiger partial charge < -0.3 is 25.6 Å². The number of thioether (sulfide) groups is 1. The molecule has 2 amide bonds. The molecule has 5 saturated carbocycles. The molecule has 9 heteroatoms. The molecule has 1 heterocycles.